The van der Waals surface area contributed by atoms with Gasteiger partial charge in [0.15, 0.2) is 0 Å². The van der Waals surface area contributed by atoms with Gasteiger partial charge in [0.2, 0.25) is 0 Å². The molecule has 5 nitrogen and oxygen atoms in total. The average Bonchev–Trinajstić information content (AvgIpc) is 2.64. The third-order valence-corrected chi connectivity index (χ3v) is 5.43. The number of aliphatic hydroxyl groups excluding tert-OH is 1. The van der Waals surface area contributed by atoms with Gasteiger partial charge in [-0.3, -0.25) is 9.80 Å². The zero-order valence-electron chi connectivity index (χ0n) is 14.2. The van der Waals surface area contributed by atoms with Crippen LogP contribution in [0.4, 0.5) is 25.0 Å². The number of halogens is 2. The van der Waals surface area contributed by atoms with Crippen LogP contribution < -0.4 is 10.2 Å². The van der Waals surface area contributed by atoms with Crippen LogP contribution in [-0.2, 0) is 0 Å². The number of rotatable bonds is 2. The van der Waals surface area contributed by atoms with E-state index in [0.717, 1.165) is 29.4 Å². The summed E-state index contributed by atoms with van der Waals surface area (Å²) in [5.41, 5.74) is 1.52. The number of urea groups is 1. The number of para-hydroxylation sites is 1. The van der Waals surface area contributed by atoms with Gasteiger partial charge in [0.1, 0.15) is 11.6 Å². The van der Waals surface area contributed by atoms with E-state index in [4.69, 9.17) is 0 Å². The normalized spacial score (nSPS) is 24.5. The summed E-state index contributed by atoms with van der Waals surface area (Å²) in [6.45, 7) is 0.462. The lowest BCUT2D eigenvalue weighted by Gasteiger charge is -2.57. The largest absolute Gasteiger partial charge is 0.395 e. The SMILES string of the molecule is CN1[C@H](CO)[C@@H]2c3ccccc3N(C(=O)Nc3cc(F)ccc3F)C[C@@H]21. The number of anilines is 2. The van der Waals surface area contributed by atoms with Gasteiger partial charge in [0.05, 0.1) is 12.3 Å². The zero-order chi connectivity index (χ0) is 18.4. The molecule has 0 saturated carbocycles. The molecular weight excluding hydrogens is 340 g/mol. The molecule has 1 fully saturated rings. The second-order valence-corrected chi connectivity index (χ2v) is 6.73. The van der Waals surface area contributed by atoms with Crippen LogP contribution in [-0.4, -0.2) is 48.3 Å². The maximum Gasteiger partial charge on any atom is 0.326 e. The average molecular weight is 359 g/mol. The Kier molecular flexibility index (Phi) is 4.13. The lowest BCUT2D eigenvalue weighted by Crippen LogP contribution is -2.68. The van der Waals surface area contributed by atoms with E-state index in [-0.39, 0.29) is 30.3 Å². The van der Waals surface area contributed by atoms with Crippen LogP contribution >= 0.6 is 0 Å². The molecule has 4 rings (SSSR count). The van der Waals surface area contributed by atoms with Crippen molar-refractivity contribution in [3.63, 3.8) is 0 Å². The fraction of sp³-hybridized carbons (Fsp3) is 0.316. The Hall–Kier alpha value is -2.51. The van der Waals surface area contributed by atoms with Crippen LogP contribution in [0.3, 0.4) is 0 Å². The first-order valence-electron chi connectivity index (χ1n) is 8.46. The highest BCUT2D eigenvalue weighted by atomic mass is 19.1. The molecule has 2 aliphatic heterocycles. The third-order valence-electron chi connectivity index (χ3n) is 5.43. The Morgan fingerprint density at radius 2 is 2.04 bits per heavy atom. The van der Waals surface area contributed by atoms with Crippen LogP contribution in [0.25, 0.3) is 0 Å². The third kappa shape index (κ3) is 2.55. The molecule has 2 N–H and O–H groups in total. The number of hydrogen-bond donors (Lipinski definition) is 2. The van der Waals surface area contributed by atoms with Crippen molar-refractivity contribution in [1.29, 1.82) is 0 Å². The topological polar surface area (TPSA) is 55.8 Å². The van der Waals surface area contributed by atoms with Gasteiger partial charge in [0, 0.05) is 36.3 Å². The van der Waals surface area contributed by atoms with Gasteiger partial charge >= 0.3 is 6.03 Å². The molecule has 0 unspecified atom stereocenters. The lowest BCUT2D eigenvalue weighted by atomic mass is 9.72. The highest BCUT2D eigenvalue weighted by molar-refractivity contribution is 6.03. The van der Waals surface area contributed by atoms with Crippen molar-refractivity contribution in [1.82, 2.24) is 4.90 Å². The lowest BCUT2D eigenvalue weighted by molar-refractivity contribution is -0.0202. The molecule has 2 aliphatic rings. The van der Waals surface area contributed by atoms with E-state index in [2.05, 4.69) is 5.32 Å². The first-order chi connectivity index (χ1) is 12.5. The molecule has 2 heterocycles. The number of nitrogens with one attached hydrogen (secondary N) is 1. The van der Waals surface area contributed by atoms with Crippen molar-refractivity contribution in [3.8, 4) is 0 Å². The Morgan fingerprint density at radius 1 is 1.27 bits per heavy atom. The maximum absolute atomic E-state index is 13.9. The summed E-state index contributed by atoms with van der Waals surface area (Å²) in [7, 11) is 1.91. The Labute approximate surface area is 149 Å². The van der Waals surface area contributed by atoms with Crippen LogP contribution in [0.5, 0.6) is 0 Å². The van der Waals surface area contributed by atoms with E-state index in [1.165, 1.54) is 0 Å². The second-order valence-electron chi connectivity index (χ2n) is 6.73. The van der Waals surface area contributed by atoms with Crippen molar-refractivity contribution in [3.05, 3.63) is 59.7 Å². The molecule has 0 aromatic heterocycles. The van der Waals surface area contributed by atoms with E-state index >= 15 is 0 Å². The molecule has 3 atom stereocenters. The number of likely N-dealkylation sites (N-methyl/N-ethyl adjacent to an activating group) is 1. The van der Waals surface area contributed by atoms with Crippen molar-refractivity contribution in [2.45, 2.75) is 18.0 Å². The number of carbonyl (C=O) groups is 1. The van der Waals surface area contributed by atoms with Gasteiger partial charge in [-0.2, -0.15) is 0 Å². The standard InChI is InChI=1S/C19H19F2N3O2/c1-23-16-9-24(19(26)22-14-8-11(20)6-7-13(14)21)15-5-3-2-4-12(15)18(16)17(23)10-25/h2-8,16-18,25H,9-10H2,1H3,(H,22,26)/t16-,17+,18+/m0/s1. The molecule has 2 aromatic carbocycles. The Bertz CT molecular complexity index is 860. The molecule has 0 radical (unpaired) electrons. The molecule has 7 heteroatoms. The van der Waals surface area contributed by atoms with Gasteiger partial charge < -0.3 is 10.4 Å². The minimum atomic E-state index is -0.691. The number of amides is 2. The van der Waals surface area contributed by atoms with Gasteiger partial charge in [-0.15, -0.1) is 0 Å². The maximum atomic E-state index is 13.9. The van der Waals surface area contributed by atoms with Crippen LogP contribution in [0.1, 0.15) is 11.5 Å². The molecule has 2 amide bonds. The van der Waals surface area contributed by atoms with E-state index in [9.17, 15) is 18.7 Å². The molecule has 2 aromatic rings. The van der Waals surface area contributed by atoms with Crippen molar-refractivity contribution >= 4 is 17.4 Å². The summed E-state index contributed by atoms with van der Waals surface area (Å²) in [5.74, 6) is -1.16. The van der Waals surface area contributed by atoms with Crippen molar-refractivity contribution in [2.24, 2.45) is 0 Å². The molecule has 26 heavy (non-hydrogen) atoms. The predicted octanol–water partition coefficient (Wildman–Crippen LogP) is 2.78. The zero-order valence-corrected chi connectivity index (χ0v) is 14.2. The highest BCUT2D eigenvalue weighted by Gasteiger charge is 2.51. The summed E-state index contributed by atoms with van der Waals surface area (Å²) in [5, 5.41) is 12.1. The van der Waals surface area contributed by atoms with Crippen LogP contribution in [0.2, 0.25) is 0 Å². The fourth-order valence-electron chi connectivity index (χ4n) is 4.08. The van der Waals surface area contributed by atoms with E-state index in [1.54, 1.807) is 4.90 Å². The van der Waals surface area contributed by atoms with Crippen LogP contribution in [0.15, 0.2) is 42.5 Å². The Balaban J connectivity index is 1.65. The van der Waals surface area contributed by atoms with Crippen molar-refractivity contribution < 1.29 is 18.7 Å². The van der Waals surface area contributed by atoms with Gasteiger partial charge in [0.25, 0.3) is 0 Å². The van der Waals surface area contributed by atoms with E-state index in [0.29, 0.717) is 6.54 Å². The molecule has 136 valence electrons. The minimum absolute atomic E-state index is 0.0204. The number of hydrogen-bond acceptors (Lipinski definition) is 3. The number of fused-ring (bicyclic) bond motifs is 3. The molecule has 1 saturated heterocycles. The predicted molar refractivity (Wildman–Crippen MR) is 94.3 cm³/mol. The van der Waals surface area contributed by atoms with Crippen LogP contribution in [0, 0.1) is 11.6 Å². The molecule has 0 spiro atoms. The van der Waals surface area contributed by atoms with Gasteiger partial charge in [-0.05, 0) is 30.8 Å². The smallest absolute Gasteiger partial charge is 0.326 e. The summed E-state index contributed by atoms with van der Waals surface area (Å²) in [6, 6.07) is 10.0. The van der Waals surface area contributed by atoms with E-state index < -0.39 is 17.7 Å². The number of aliphatic hydroxyl groups is 1. The molecule has 0 bridgehead atoms. The number of benzene rings is 2. The highest BCUT2D eigenvalue weighted by Crippen LogP contribution is 2.47. The van der Waals surface area contributed by atoms with E-state index in [1.807, 2.05) is 36.2 Å². The summed E-state index contributed by atoms with van der Waals surface area (Å²) >= 11 is 0. The van der Waals surface area contributed by atoms with Gasteiger partial charge in [-0.25, -0.2) is 13.6 Å². The summed E-state index contributed by atoms with van der Waals surface area (Å²) < 4.78 is 27.2. The Morgan fingerprint density at radius 3 is 2.81 bits per heavy atom. The van der Waals surface area contributed by atoms with Crippen molar-refractivity contribution in [2.75, 3.05) is 30.4 Å². The molecule has 0 aliphatic carbocycles. The number of likely N-dealkylation sites (tertiary alicyclic amines) is 1. The summed E-state index contributed by atoms with van der Waals surface area (Å²) in [4.78, 5) is 16.4. The second kappa shape index (κ2) is 6.34. The first-order valence-corrected chi connectivity index (χ1v) is 8.46. The quantitative estimate of drug-likeness (QED) is 0.867. The first kappa shape index (κ1) is 16.9. The van der Waals surface area contributed by atoms with Gasteiger partial charge in [-0.1, -0.05) is 18.2 Å². The fourth-order valence-corrected chi connectivity index (χ4v) is 4.08. The monoisotopic (exact) mass is 359 g/mol. The molecular formula is C19H19F2N3O2. The minimum Gasteiger partial charge on any atom is -0.395 e. The summed E-state index contributed by atoms with van der Waals surface area (Å²) in [6.07, 6.45) is 0. The number of nitrogens with zero attached hydrogens (tertiary/aromatic N) is 2. The number of carbonyl (C=O) groups excluding carboxylic acids is 1.